The Morgan fingerprint density at radius 1 is 1.32 bits per heavy atom. The molecular formula is C19H26FN3O2. The Labute approximate surface area is 148 Å². The van der Waals surface area contributed by atoms with Gasteiger partial charge in [0.1, 0.15) is 11.9 Å². The number of rotatable bonds is 3. The molecule has 1 saturated carbocycles. The second-order valence-corrected chi connectivity index (χ2v) is 7.50. The lowest BCUT2D eigenvalue weighted by Crippen LogP contribution is -2.55. The third-order valence-corrected chi connectivity index (χ3v) is 5.69. The van der Waals surface area contributed by atoms with Crippen LogP contribution in [-0.4, -0.2) is 41.9 Å². The lowest BCUT2D eigenvalue weighted by Gasteiger charge is -2.40. The minimum absolute atomic E-state index is 0.0709. The molecule has 1 saturated heterocycles. The van der Waals surface area contributed by atoms with Gasteiger partial charge in [-0.2, -0.15) is 0 Å². The van der Waals surface area contributed by atoms with E-state index < -0.39 is 17.4 Å². The van der Waals surface area contributed by atoms with Crippen LogP contribution in [0.4, 0.5) is 10.1 Å². The molecule has 0 spiro atoms. The van der Waals surface area contributed by atoms with Gasteiger partial charge in [-0.05, 0) is 38.3 Å². The van der Waals surface area contributed by atoms with Crippen molar-refractivity contribution in [2.75, 3.05) is 18.5 Å². The van der Waals surface area contributed by atoms with Gasteiger partial charge in [-0.1, -0.05) is 25.0 Å². The van der Waals surface area contributed by atoms with E-state index in [1.54, 1.807) is 25.2 Å². The van der Waals surface area contributed by atoms with Crippen LogP contribution in [0.25, 0.3) is 0 Å². The van der Waals surface area contributed by atoms with E-state index >= 15 is 0 Å². The highest BCUT2D eigenvalue weighted by Crippen LogP contribution is 2.34. The van der Waals surface area contributed by atoms with Crippen molar-refractivity contribution in [3.63, 3.8) is 0 Å². The van der Waals surface area contributed by atoms with Gasteiger partial charge in [0.05, 0.1) is 11.6 Å². The fraction of sp³-hybridized carbons (Fsp3) is 0.579. The zero-order valence-electron chi connectivity index (χ0n) is 14.9. The van der Waals surface area contributed by atoms with Crippen molar-refractivity contribution >= 4 is 17.5 Å². The highest BCUT2D eigenvalue weighted by Gasteiger charge is 2.44. The summed E-state index contributed by atoms with van der Waals surface area (Å²) >= 11 is 0. The van der Waals surface area contributed by atoms with E-state index in [-0.39, 0.29) is 23.4 Å². The molecule has 6 heteroatoms. The number of benzene rings is 1. The third kappa shape index (κ3) is 3.27. The Bertz CT molecular complexity index is 676. The van der Waals surface area contributed by atoms with Crippen molar-refractivity contribution in [1.82, 2.24) is 4.90 Å². The van der Waals surface area contributed by atoms with Crippen LogP contribution in [-0.2, 0) is 9.59 Å². The molecule has 2 N–H and O–H groups in total. The van der Waals surface area contributed by atoms with E-state index in [0.717, 1.165) is 25.7 Å². The average Bonchev–Trinajstić information content (AvgIpc) is 2.95. The quantitative estimate of drug-likeness (QED) is 0.912. The molecule has 3 atom stereocenters. The van der Waals surface area contributed by atoms with Crippen molar-refractivity contribution < 1.29 is 14.0 Å². The fourth-order valence-corrected chi connectivity index (χ4v) is 4.10. The summed E-state index contributed by atoms with van der Waals surface area (Å²) in [5, 5.41) is 0. The van der Waals surface area contributed by atoms with E-state index in [0.29, 0.717) is 13.0 Å². The van der Waals surface area contributed by atoms with Crippen LogP contribution in [0.1, 0.15) is 39.0 Å². The first-order chi connectivity index (χ1) is 11.8. The summed E-state index contributed by atoms with van der Waals surface area (Å²) in [6.45, 7) is 2.33. The van der Waals surface area contributed by atoms with Gasteiger partial charge in [0.2, 0.25) is 11.8 Å². The number of halogens is 1. The highest BCUT2D eigenvalue weighted by molar-refractivity contribution is 6.01. The molecule has 2 amide bonds. The normalized spacial score (nSPS) is 29.8. The van der Waals surface area contributed by atoms with Gasteiger partial charge in [-0.3, -0.25) is 9.59 Å². The predicted octanol–water partition coefficient (Wildman–Crippen LogP) is 2.30. The highest BCUT2D eigenvalue weighted by atomic mass is 19.1. The maximum absolute atomic E-state index is 14.0. The summed E-state index contributed by atoms with van der Waals surface area (Å²) in [4.78, 5) is 28.7. The van der Waals surface area contributed by atoms with Gasteiger partial charge in [0, 0.05) is 19.1 Å². The number of para-hydroxylation sites is 1. The Morgan fingerprint density at radius 2 is 2.04 bits per heavy atom. The molecule has 3 rings (SSSR count). The Kier molecular flexibility index (Phi) is 4.82. The van der Waals surface area contributed by atoms with Gasteiger partial charge in [-0.25, -0.2) is 4.39 Å². The number of carbonyl (C=O) groups excluding carboxylic acids is 2. The third-order valence-electron chi connectivity index (χ3n) is 5.69. The molecule has 1 aromatic rings. The minimum atomic E-state index is -0.551. The summed E-state index contributed by atoms with van der Waals surface area (Å²) < 4.78 is 14.0. The number of nitrogens with two attached hydrogens (primary N) is 1. The molecular weight excluding hydrogens is 321 g/mol. The average molecular weight is 347 g/mol. The van der Waals surface area contributed by atoms with Crippen molar-refractivity contribution in [2.45, 2.75) is 50.6 Å². The van der Waals surface area contributed by atoms with Crippen LogP contribution in [0, 0.1) is 11.7 Å². The van der Waals surface area contributed by atoms with Crippen molar-refractivity contribution in [3.05, 3.63) is 30.1 Å². The van der Waals surface area contributed by atoms with E-state index in [1.807, 2.05) is 6.92 Å². The molecule has 2 aliphatic rings. The molecule has 0 aromatic heterocycles. The predicted molar refractivity (Wildman–Crippen MR) is 94.5 cm³/mol. The van der Waals surface area contributed by atoms with E-state index in [2.05, 4.69) is 0 Å². The van der Waals surface area contributed by atoms with Crippen molar-refractivity contribution in [3.8, 4) is 0 Å². The zero-order valence-corrected chi connectivity index (χ0v) is 14.9. The Morgan fingerprint density at radius 3 is 2.72 bits per heavy atom. The van der Waals surface area contributed by atoms with Crippen LogP contribution >= 0.6 is 0 Å². The second-order valence-electron chi connectivity index (χ2n) is 7.50. The molecule has 136 valence electrons. The van der Waals surface area contributed by atoms with Gasteiger partial charge in [-0.15, -0.1) is 0 Å². The van der Waals surface area contributed by atoms with Crippen molar-refractivity contribution in [1.29, 1.82) is 0 Å². The zero-order chi connectivity index (χ0) is 18.2. The van der Waals surface area contributed by atoms with Gasteiger partial charge in [0.25, 0.3) is 0 Å². The molecule has 25 heavy (non-hydrogen) atoms. The maximum atomic E-state index is 14.0. The fourth-order valence-electron chi connectivity index (χ4n) is 4.10. The smallest absolute Gasteiger partial charge is 0.249 e. The van der Waals surface area contributed by atoms with Gasteiger partial charge in [0.15, 0.2) is 0 Å². The summed E-state index contributed by atoms with van der Waals surface area (Å²) in [5.41, 5.74) is 6.08. The van der Waals surface area contributed by atoms with Crippen molar-refractivity contribution in [2.24, 2.45) is 11.7 Å². The molecule has 2 fully saturated rings. The summed E-state index contributed by atoms with van der Waals surface area (Å²) in [6, 6.07) is 5.68. The summed E-state index contributed by atoms with van der Waals surface area (Å²) in [7, 11) is 1.67. The van der Waals surface area contributed by atoms with E-state index in [9.17, 15) is 14.0 Å². The monoisotopic (exact) mass is 347 g/mol. The lowest BCUT2D eigenvalue weighted by atomic mass is 9.74. The number of nitrogens with zero attached hydrogens (tertiary/aromatic N) is 2. The Balaban J connectivity index is 1.75. The van der Waals surface area contributed by atoms with Crippen LogP contribution in [0.5, 0.6) is 0 Å². The van der Waals surface area contributed by atoms with E-state index in [4.69, 9.17) is 5.73 Å². The van der Waals surface area contributed by atoms with Crippen LogP contribution in [0.3, 0.4) is 0 Å². The lowest BCUT2D eigenvalue weighted by molar-refractivity contribution is -0.143. The first kappa shape index (κ1) is 17.9. The number of hydrogen-bond donors (Lipinski definition) is 1. The number of amides is 2. The first-order valence-electron chi connectivity index (χ1n) is 8.94. The van der Waals surface area contributed by atoms with Gasteiger partial charge >= 0.3 is 0 Å². The number of likely N-dealkylation sites (N-methyl/N-ethyl adjacent to an activating group) is 1. The SMILES string of the molecule is CN(C(=O)C1CCCCC1(C)N)C1CCN(c2ccccc2F)C1=O. The minimum Gasteiger partial charge on any atom is -0.333 e. The molecule has 0 radical (unpaired) electrons. The molecule has 1 aliphatic heterocycles. The second kappa shape index (κ2) is 6.75. The molecule has 0 bridgehead atoms. The molecule has 3 unspecified atom stereocenters. The number of carbonyl (C=O) groups is 2. The largest absolute Gasteiger partial charge is 0.333 e. The summed E-state index contributed by atoms with van der Waals surface area (Å²) in [5.74, 6) is -0.984. The maximum Gasteiger partial charge on any atom is 0.249 e. The molecule has 5 nitrogen and oxygen atoms in total. The van der Waals surface area contributed by atoms with Crippen LogP contribution < -0.4 is 10.6 Å². The van der Waals surface area contributed by atoms with Crippen LogP contribution in [0.2, 0.25) is 0 Å². The van der Waals surface area contributed by atoms with E-state index in [1.165, 1.54) is 15.9 Å². The summed E-state index contributed by atoms with van der Waals surface area (Å²) in [6.07, 6.45) is 4.09. The first-order valence-corrected chi connectivity index (χ1v) is 8.94. The van der Waals surface area contributed by atoms with Gasteiger partial charge < -0.3 is 15.5 Å². The standard InChI is InChI=1S/C19H26FN3O2/c1-19(21)11-6-5-7-13(19)17(24)22(2)16-10-12-23(18(16)25)15-9-4-3-8-14(15)20/h3-4,8-9,13,16H,5-7,10-12,21H2,1-2H3. The van der Waals surface area contributed by atoms with Crippen LogP contribution in [0.15, 0.2) is 24.3 Å². The topological polar surface area (TPSA) is 66.6 Å². The molecule has 1 heterocycles. The Hall–Kier alpha value is -1.95. The number of hydrogen-bond acceptors (Lipinski definition) is 3. The molecule has 1 aliphatic carbocycles. The number of anilines is 1. The molecule has 1 aromatic carbocycles.